The molecule has 110 valence electrons. The molecule has 0 fully saturated rings. The van der Waals surface area contributed by atoms with Crippen molar-refractivity contribution >= 4 is 11.6 Å². The van der Waals surface area contributed by atoms with Gasteiger partial charge in [-0.2, -0.15) is 0 Å². The quantitative estimate of drug-likeness (QED) is 0.754. The van der Waals surface area contributed by atoms with Gasteiger partial charge in [0.2, 0.25) is 0 Å². The summed E-state index contributed by atoms with van der Waals surface area (Å²) in [7, 11) is 0. The molecule has 1 unspecified atom stereocenters. The fourth-order valence-electron chi connectivity index (χ4n) is 2.19. The summed E-state index contributed by atoms with van der Waals surface area (Å²) in [6, 6.07) is 12.8. The molecule has 0 spiro atoms. The first-order chi connectivity index (χ1) is 9.99. The summed E-state index contributed by atoms with van der Waals surface area (Å²) in [4.78, 5) is 12.2. The van der Waals surface area contributed by atoms with Gasteiger partial charge < -0.3 is 16.2 Å². The van der Waals surface area contributed by atoms with E-state index < -0.39 is 6.10 Å². The number of hydrogen-bond donors (Lipinski definition) is 3. The van der Waals surface area contributed by atoms with Crippen LogP contribution in [0.2, 0.25) is 0 Å². The van der Waals surface area contributed by atoms with E-state index in [1.54, 1.807) is 6.07 Å². The molecule has 0 bridgehead atoms. The highest BCUT2D eigenvalue weighted by Crippen LogP contribution is 2.18. The smallest absolute Gasteiger partial charge is 0.251 e. The van der Waals surface area contributed by atoms with E-state index in [-0.39, 0.29) is 12.5 Å². The van der Waals surface area contributed by atoms with E-state index in [0.29, 0.717) is 11.3 Å². The summed E-state index contributed by atoms with van der Waals surface area (Å²) in [5.74, 6) is -0.228. The van der Waals surface area contributed by atoms with E-state index in [2.05, 4.69) is 5.32 Å². The Labute approximate surface area is 124 Å². The largest absolute Gasteiger partial charge is 0.398 e. The number of anilines is 1. The molecule has 0 radical (unpaired) electrons. The summed E-state index contributed by atoms with van der Waals surface area (Å²) < 4.78 is 0. The average molecular weight is 284 g/mol. The lowest BCUT2D eigenvalue weighted by Crippen LogP contribution is -2.29. The Morgan fingerprint density at radius 3 is 2.52 bits per heavy atom. The van der Waals surface area contributed by atoms with Crippen molar-refractivity contribution in [2.75, 3.05) is 12.3 Å². The number of nitrogen functional groups attached to an aromatic ring is 1. The third kappa shape index (κ3) is 3.61. The van der Waals surface area contributed by atoms with Gasteiger partial charge in [-0.3, -0.25) is 4.79 Å². The fraction of sp³-hybridized carbons (Fsp3) is 0.235. The predicted molar refractivity (Wildman–Crippen MR) is 84.1 cm³/mol. The molecule has 0 aliphatic carbocycles. The van der Waals surface area contributed by atoms with Gasteiger partial charge in [-0.15, -0.1) is 0 Å². The van der Waals surface area contributed by atoms with Crippen molar-refractivity contribution in [1.82, 2.24) is 5.32 Å². The number of amides is 1. The van der Waals surface area contributed by atoms with Crippen LogP contribution < -0.4 is 11.1 Å². The van der Waals surface area contributed by atoms with Crippen molar-refractivity contribution in [1.29, 1.82) is 0 Å². The zero-order valence-electron chi connectivity index (χ0n) is 12.3. The maximum atomic E-state index is 12.2. The Bertz CT molecular complexity index is 639. The molecule has 1 atom stereocenters. The molecule has 1 amide bonds. The average Bonchev–Trinajstić information content (AvgIpc) is 2.49. The van der Waals surface area contributed by atoms with Crippen molar-refractivity contribution in [3.8, 4) is 0 Å². The lowest BCUT2D eigenvalue weighted by atomic mass is 10.0. The van der Waals surface area contributed by atoms with Crippen LogP contribution in [0.3, 0.4) is 0 Å². The molecule has 4 N–H and O–H groups in total. The van der Waals surface area contributed by atoms with E-state index in [1.807, 2.05) is 50.2 Å². The molecule has 0 aromatic heterocycles. The van der Waals surface area contributed by atoms with Gasteiger partial charge in [-0.1, -0.05) is 36.4 Å². The molecule has 2 aromatic rings. The van der Waals surface area contributed by atoms with Crippen LogP contribution in [0.4, 0.5) is 5.69 Å². The number of aliphatic hydroxyl groups excluding tert-OH is 1. The molecule has 2 aromatic carbocycles. The van der Waals surface area contributed by atoms with Gasteiger partial charge in [0.1, 0.15) is 0 Å². The molecule has 0 aliphatic heterocycles. The second kappa shape index (κ2) is 6.41. The highest BCUT2D eigenvalue weighted by Gasteiger charge is 2.13. The number of aryl methyl sites for hydroxylation is 2. The van der Waals surface area contributed by atoms with Crippen molar-refractivity contribution < 1.29 is 9.90 Å². The fourth-order valence-corrected chi connectivity index (χ4v) is 2.19. The normalized spacial score (nSPS) is 12.0. The van der Waals surface area contributed by atoms with Gasteiger partial charge in [0.25, 0.3) is 5.91 Å². The monoisotopic (exact) mass is 284 g/mol. The topological polar surface area (TPSA) is 75.3 Å². The van der Waals surface area contributed by atoms with Gasteiger partial charge >= 0.3 is 0 Å². The molecule has 2 rings (SSSR count). The highest BCUT2D eigenvalue weighted by molar-refractivity contribution is 5.96. The van der Waals surface area contributed by atoms with E-state index >= 15 is 0 Å². The maximum Gasteiger partial charge on any atom is 0.251 e. The molecule has 0 saturated heterocycles. The van der Waals surface area contributed by atoms with E-state index in [1.165, 1.54) is 0 Å². The van der Waals surface area contributed by atoms with Crippen molar-refractivity contribution in [3.05, 3.63) is 64.7 Å². The Morgan fingerprint density at radius 1 is 1.19 bits per heavy atom. The second-order valence-corrected chi connectivity index (χ2v) is 5.16. The second-order valence-electron chi connectivity index (χ2n) is 5.16. The zero-order chi connectivity index (χ0) is 15.4. The van der Waals surface area contributed by atoms with Gasteiger partial charge in [-0.25, -0.2) is 0 Å². The molecule has 21 heavy (non-hydrogen) atoms. The Kier molecular flexibility index (Phi) is 4.60. The molecule has 0 saturated carbocycles. The molecule has 0 heterocycles. The number of aliphatic hydroxyl groups is 1. The number of carbonyl (C=O) groups is 1. The van der Waals surface area contributed by atoms with E-state index in [0.717, 1.165) is 16.7 Å². The number of carbonyl (C=O) groups excluding carboxylic acids is 1. The van der Waals surface area contributed by atoms with Crippen LogP contribution in [0.15, 0.2) is 42.5 Å². The summed E-state index contributed by atoms with van der Waals surface area (Å²) in [5.41, 5.74) is 9.57. The Hall–Kier alpha value is -2.33. The van der Waals surface area contributed by atoms with Crippen LogP contribution in [0.25, 0.3) is 0 Å². The molecular weight excluding hydrogens is 264 g/mol. The minimum atomic E-state index is -0.724. The number of hydrogen-bond acceptors (Lipinski definition) is 3. The van der Waals surface area contributed by atoms with Crippen molar-refractivity contribution in [3.63, 3.8) is 0 Å². The van der Waals surface area contributed by atoms with Gasteiger partial charge in [0, 0.05) is 17.8 Å². The lowest BCUT2D eigenvalue weighted by molar-refractivity contribution is 0.0915. The summed E-state index contributed by atoms with van der Waals surface area (Å²) in [6.45, 7) is 3.94. The Balaban J connectivity index is 2.04. The molecule has 4 heteroatoms. The molecular formula is C17H20N2O2. The third-order valence-electron chi connectivity index (χ3n) is 3.50. The zero-order valence-corrected chi connectivity index (χ0v) is 12.3. The number of nitrogens with one attached hydrogen (secondary N) is 1. The van der Waals surface area contributed by atoms with Crippen LogP contribution in [0.1, 0.15) is 33.2 Å². The van der Waals surface area contributed by atoms with Gasteiger partial charge in [-0.05, 0) is 36.6 Å². The van der Waals surface area contributed by atoms with E-state index in [4.69, 9.17) is 5.73 Å². The minimum Gasteiger partial charge on any atom is -0.398 e. The lowest BCUT2D eigenvalue weighted by Gasteiger charge is -2.14. The first-order valence-corrected chi connectivity index (χ1v) is 6.87. The first kappa shape index (κ1) is 15.1. The van der Waals surface area contributed by atoms with Crippen LogP contribution in [0, 0.1) is 13.8 Å². The van der Waals surface area contributed by atoms with Crippen LogP contribution in [-0.4, -0.2) is 17.6 Å². The number of rotatable bonds is 4. The number of nitrogens with two attached hydrogens (primary N) is 1. The summed E-state index contributed by atoms with van der Waals surface area (Å²) in [5, 5.41) is 12.8. The summed E-state index contributed by atoms with van der Waals surface area (Å²) in [6.07, 6.45) is -0.724. The van der Waals surface area contributed by atoms with Gasteiger partial charge in [0.05, 0.1) is 6.10 Å². The van der Waals surface area contributed by atoms with Crippen LogP contribution in [-0.2, 0) is 0 Å². The third-order valence-corrected chi connectivity index (χ3v) is 3.50. The minimum absolute atomic E-state index is 0.163. The maximum absolute atomic E-state index is 12.2. The van der Waals surface area contributed by atoms with Crippen molar-refractivity contribution in [2.24, 2.45) is 0 Å². The van der Waals surface area contributed by atoms with E-state index in [9.17, 15) is 9.90 Å². The SMILES string of the molecule is Cc1cc(C)c(C(=O)NCC(O)c2ccccc2)cc1N. The molecule has 0 aliphatic rings. The Morgan fingerprint density at radius 2 is 1.86 bits per heavy atom. The summed E-state index contributed by atoms with van der Waals surface area (Å²) >= 11 is 0. The van der Waals surface area contributed by atoms with Crippen LogP contribution in [0.5, 0.6) is 0 Å². The predicted octanol–water partition coefficient (Wildman–Crippen LogP) is 2.35. The van der Waals surface area contributed by atoms with Gasteiger partial charge in [0.15, 0.2) is 0 Å². The number of benzene rings is 2. The van der Waals surface area contributed by atoms with Crippen molar-refractivity contribution in [2.45, 2.75) is 20.0 Å². The standard InChI is InChI=1S/C17H20N2O2/c1-11-8-12(2)15(18)9-14(11)17(21)19-10-16(20)13-6-4-3-5-7-13/h3-9,16,20H,10,18H2,1-2H3,(H,19,21). The highest BCUT2D eigenvalue weighted by atomic mass is 16.3. The molecule has 4 nitrogen and oxygen atoms in total. The first-order valence-electron chi connectivity index (χ1n) is 6.87. The van der Waals surface area contributed by atoms with Crippen LogP contribution >= 0.6 is 0 Å².